The zero-order chi connectivity index (χ0) is 11.7. The number of aliphatic hydroxyl groups excluding tert-OH is 1. The van der Waals surface area contributed by atoms with Gasteiger partial charge in [-0.2, -0.15) is 0 Å². The predicted octanol–water partition coefficient (Wildman–Crippen LogP) is 2.05. The van der Waals surface area contributed by atoms with Crippen LogP contribution in [0.4, 0.5) is 11.4 Å². The molecule has 0 aromatic heterocycles. The van der Waals surface area contributed by atoms with Crippen molar-refractivity contribution in [3.8, 4) is 0 Å². The number of rotatable bonds is 2. The molecule has 1 unspecified atom stereocenters. The molecule has 0 saturated carbocycles. The van der Waals surface area contributed by atoms with Gasteiger partial charge in [0.1, 0.15) is 0 Å². The quantitative estimate of drug-likeness (QED) is 0.778. The van der Waals surface area contributed by atoms with E-state index in [-0.39, 0.29) is 6.61 Å². The third-order valence-corrected chi connectivity index (χ3v) is 3.53. The van der Waals surface area contributed by atoms with Crippen molar-refractivity contribution in [1.29, 1.82) is 0 Å². The number of hydrogen-bond donors (Lipinski definition) is 2. The molecule has 4 heteroatoms. The maximum absolute atomic E-state index is 9.13. The van der Waals surface area contributed by atoms with E-state index < -0.39 is 0 Å². The second kappa shape index (κ2) is 4.52. The van der Waals surface area contributed by atoms with Crippen molar-refractivity contribution >= 4 is 23.0 Å². The number of anilines is 2. The number of nitrogen functional groups attached to an aromatic ring is 1. The van der Waals surface area contributed by atoms with Gasteiger partial charge in [0, 0.05) is 31.3 Å². The molecular formula is C12H17ClN2O. The number of benzene rings is 1. The van der Waals surface area contributed by atoms with E-state index in [1.807, 2.05) is 19.1 Å². The molecule has 1 atom stereocenters. The first kappa shape index (κ1) is 11.6. The minimum Gasteiger partial charge on any atom is -0.398 e. The lowest BCUT2D eigenvalue weighted by Gasteiger charge is -2.21. The Morgan fingerprint density at radius 1 is 1.56 bits per heavy atom. The van der Waals surface area contributed by atoms with Crippen LogP contribution in [0.3, 0.4) is 0 Å². The smallest absolute Gasteiger partial charge is 0.0656 e. The average Bonchev–Trinajstić information content (AvgIpc) is 2.71. The van der Waals surface area contributed by atoms with Crippen molar-refractivity contribution in [2.45, 2.75) is 13.3 Å². The summed E-state index contributed by atoms with van der Waals surface area (Å²) in [5, 5.41) is 9.73. The van der Waals surface area contributed by atoms with Gasteiger partial charge in [0.2, 0.25) is 0 Å². The highest BCUT2D eigenvalue weighted by Crippen LogP contribution is 2.32. The molecule has 16 heavy (non-hydrogen) atoms. The van der Waals surface area contributed by atoms with Gasteiger partial charge in [0.05, 0.1) is 10.7 Å². The van der Waals surface area contributed by atoms with E-state index in [2.05, 4.69) is 4.90 Å². The molecule has 0 radical (unpaired) electrons. The van der Waals surface area contributed by atoms with Crippen LogP contribution in [0.1, 0.15) is 12.0 Å². The number of aryl methyl sites for hydroxylation is 1. The molecule has 88 valence electrons. The van der Waals surface area contributed by atoms with Crippen molar-refractivity contribution < 1.29 is 5.11 Å². The van der Waals surface area contributed by atoms with E-state index in [4.69, 9.17) is 22.4 Å². The monoisotopic (exact) mass is 240 g/mol. The molecule has 3 N–H and O–H groups in total. The molecule has 0 spiro atoms. The van der Waals surface area contributed by atoms with Crippen LogP contribution in [0.15, 0.2) is 12.1 Å². The molecule has 0 aliphatic carbocycles. The molecule has 1 aromatic carbocycles. The summed E-state index contributed by atoms with van der Waals surface area (Å²) >= 11 is 6.03. The van der Waals surface area contributed by atoms with Crippen LogP contribution in [0.2, 0.25) is 5.02 Å². The standard InChI is InChI=1S/C12H17ClN2O/c1-8-4-11(14)10(13)5-12(8)15-3-2-9(6-15)7-16/h4-5,9,16H,2-3,6-7,14H2,1H3. The summed E-state index contributed by atoms with van der Waals surface area (Å²) < 4.78 is 0. The van der Waals surface area contributed by atoms with Crippen LogP contribution >= 0.6 is 11.6 Å². The Kier molecular flexibility index (Phi) is 3.26. The van der Waals surface area contributed by atoms with Gasteiger partial charge in [-0.1, -0.05) is 11.6 Å². The van der Waals surface area contributed by atoms with Gasteiger partial charge in [-0.15, -0.1) is 0 Å². The molecule has 3 nitrogen and oxygen atoms in total. The molecule has 1 aliphatic rings. The fraction of sp³-hybridized carbons (Fsp3) is 0.500. The van der Waals surface area contributed by atoms with Crippen LogP contribution in [-0.4, -0.2) is 24.8 Å². The number of nitrogens with zero attached hydrogens (tertiary/aromatic N) is 1. The van der Waals surface area contributed by atoms with Crippen molar-refractivity contribution in [2.75, 3.05) is 30.3 Å². The Bertz CT molecular complexity index is 395. The third-order valence-electron chi connectivity index (χ3n) is 3.20. The zero-order valence-electron chi connectivity index (χ0n) is 9.41. The van der Waals surface area contributed by atoms with Gasteiger partial charge in [-0.3, -0.25) is 0 Å². The molecule has 2 rings (SSSR count). The zero-order valence-corrected chi connectivity index (χ0v) is 10.2. The van der Waals surface area contributed by atoms with E-state index in [1.54, 1.807) is 0 Å². The van der Waals surface area contributed by atoms with Gasteiger partial charge in [0.15, 0.2) is 0 Å². The van der Waals surface area contributed by atoms with Crippen molar-refractivity contribution in [3.63, 3.8) is 0 Å². The van der Waals surface area contributed by atoms with Crippen LogP contribution < -0.4 is 10.6 Å². The maximum Gasteiger partial charge on any atom is 0.0656 e. The van der Waals surface area contributed by atoms with Crippen molar-refractivity contribution in [2.24, 2.45) is 5.92 Å². The van der Waals surface area contributed by atoms with Gasteiger partial charge >= 0.3 is 0 Å². The molecule has 0 amide bonds. The second-order valence-electron chi connectivity index (χ2n) is 4.44. The number of aliphatic hydroxyl groups is 1. The topological polar surface area (TPSA) is 49.5 Å². The Balaban J connectivity index is 2.24. The van der Waals surface area contributed by atoms with Crippen LogP contribution in [-0.2, 0) is 0 Å². The third kappa shape index (κ3) is 2.11. The molecule has 1 fully saturated rings. The summed E-state index contributed by atoms with van der Waals surface area (Å²) in [4.78, 5) is 2.27. The summed E-state index contributed by atoms with van der Waals surface area (Å²) in [5.74, 6) is 0.385. The SMILES string of the molecule is Cc1cc(N)c(Cl)cc1N1CCC(CO)C1. The van der Waals surface area contributed by atoms with E-state index in [9.17, 15) is 0 Å². The van der Waals surface area contributed by atoms with E-state index in [1.165, 1.54) is 0 Å². The Morgan fingerprint density at radius 3 is 2.94 bits per heavy atom. The summed E-state index contributed by atoms with van der Waals surface area (Å²) in [6.45, 7) is 4.18. The predicted molar refractivity (Wildman–Crippen MR) is 68.0 cm³/mol. The summed E-state index contributed by atoms with van der Waals surface area (Å²) in [5.41, 5.74) is 8.65. The maximum atomic E-state index is 9.13. The first-order valence-corrected chi connectivity index (χ1v) is 5.91. The molecule has 0 bridgehead atoms. The largest absolute Gasteiger partial charge is 0.398 e. The highest BCUT2D eigenvalue weighted by atomic mass is 35.5. The van der Waals surface area contributed by atoms with Crippen LogP contribution in [0.5, 0.6) is 0 Å². The lowest BCUT2D eigenvalue weighted by molar-refractivity contribution is 0.238. The average molecular weight is 241 g/mol. The summed E-state index contributed by atoms with van der Waals surface area (Å²) in [6.07, 6.45) is 1.04. The second-order valence-corrected chi connectivity index (χ2v) is 4.85. The van der Waals surface area contributed by atoms with E-state index in [0.29, 0.717) is 16.6 Å². The van der Waals surface area contributed by atoms with Crippen molar-refractivity contribution in [3.05, 3.63) is 22.7 Å². The van der Waals surface area contributed by atoms with Crippen LogP contribution in [0.25, 0.3) is 0 Å². The van der Waals surface area contributed by atoms with Crippen molar-refractivity contribution in [1.82, 2.24) is 0 Å². The normalized spacial score (nSPS) is 20.4. The molecule has 1 heterocycles. The first-order chi connectivity index (χ1) is 7.61. The summed E-state index contributed by atoms with van der Waals surface area (Å²) in [6, 6.07) is 3.83. The number of nitrogens with two attached hydrogens (primary N) is 1. The minimum atomic E-state index is 0.262. The fourth-order valence-electron chi connectivity index (χ4n) is 2.23. The highest BCUT2D eigenvalue weighted by Gasteiger charge is 2.23. The highest BCUT2D eigenvalue weighted by molar-refractivity contribution is 6.33. The van der Waals surface area contributed by atoms with Crippen LogP contribution in [0, 0.1) is 12.8 Å². The minimum absolute atomic E-state index is 0.262. The summed E-state index contributed by atoms with van der Waals surface area (Å²) in [7, 11) is 0. The molecule has 1 saturated heterocycles. The fourth-order valence-corrected chi connectivity index (χ4v) is 2.39. The molecule has 1 aromatic rings. The Morgan fingerprint density at radius 2 is 2.31 bits per heavy atom. The van der Waals surface area contributed by atoms with Gasteiger partial charge in [-0.25, -0.2) is 0 Å². The Labute approximate surface area is 101 Å². The first-order valence-electron chi connectivity index (χ1n) is 5.53. The lowest BCUT2D eigenvalue weighted by atomic mass is 10.1. The van der Waals surface area contributed by atoms with E-state index >= 15 is 0 Å². The molecular weight excluding hydrogens is 224 g/mol. The van der Waals surface area contributed by atoms with Gasteiger partial charge in [0.25, 0.3) is 0 Å². The number of halogens is 1. The lowest BCUT2D eigenvalue weighted by Crippen LogP contribution is -2.21. The van der Waals surface area contributed by atoms with E-state index in [0.717, 1.165) is 30.8 Å². The van der Waals surface area contributed by atoms with Gasteiger partial charge in [-0.05, 0) is 31.0 Å². The Hall–Kier alpha value is -0.930. The number of hydrogen-bond acceptors (Lipinski definition) is 3. The molecule has 1 aliphatic heterocycles. The van der Waals surface area contributed by atoms with Gasteiger partial charge < -0.3 is 15.7 Å².